The van der Waals surface area contributed by atoms with E-state index in [1.165, 1.54) is 18.4 Å². The molecule has 0 spiro atoms. The maximum Gasteiger partial charge on any atom is 0.0602 e. The highest BCUT2D eigenvalue weighted by Crippen LogP contribution is 2.67. The third-order valence-electron chi connectivity index (χ3n) is 10.7. The standard InChI is InChI=1S/C28H46O2/c1-17(2)18(3)7-8-19(4)23-11-12-24-22-10-9-20-15-21(29)13-14-27(20,5)25(22)16-26(30)28(23,24)6/h7-9,17-19,21-26,29-30H,10-16H2,1-6H3/b8-7+/t18-,19+,21-,22-,23+,24+,25+,26+,27-,28+/m0/s1. The second kappa shape index (κ2) is 8.07. The molecule has 0 heterocycles. The maximum absolute atomic E-state index is 11.6. The van der Waals surface area contributed by atoms with Crippen LogP contribution in [0.1, 0.15) is 86.5 Å². The van der Waals surface area contributed by atoms with E-state index in [0.717, 1.165) is 32.1 Å². The van der Waals surface area contributed by atoms with E-state index in [9.17, 15) is 10.2 Å². The molecular formula is C28H46O2. The van der Waals surface area contributed by atoms with Gasteiger partial charge in [0.15, 0.2) is 0 Å². The molecule has 0 amide bonds. The molecule has 30 heavy (non-hydrogen) atoms. The molecule has 3 fully saturated rings. The molecule has 10 atom stereocenters. The van der Waals surface area contributed by atoms with E-state index in [-0.39, 0.29) is 23.0 Å². The Morgan fingerprint density at radius 3 is 2.43 bits per heavy atom. The van der Waals surface area contributed by atoms with Crippen LogP contribution < -0.4 is 0 Å². The van der Waals surface area contributed by atoms with Crippen molar-refractivity contribution in [2.45, 2.75) is 98.7 Å². The van der Waals surface area contributed by atoms with Crippen LogP contribution in [0.3, 0.4) is 0 Å². The minimum atomic E-state index is -0.197. The quantitative estimate of drug-likeness (QED) is 0.524. The van der Waals surface area contributed by atoms with Crippen molar-refractivity contribution in [3.63, 3.8) is 0 Å². The molecule has 0 aromatic carbocycles. The van der Waals surface area contributed by atoms with Gasteiger partial charge in [0, 0.05) is 0 Å². The first kappa shape index (κ1) is 22.6. The van der Waals surface area contributed by atoms with Crippen molar-refractivity contribution in [1.82, 2.24) is 0 Å². The molecule has 2 heteroatoms. The zero-order valence-electron chi connectivity index (χ0n) is 20.3. The molecule has 0 aromatic rings. The van der Waals surface area contributed by atoms with Gasteiger partial charge in [-0.2, -0.15) is 0 Å². The van der Waals surface area contributed by atoms with Crippen molar-refractivity contribution in [1.29, 1.82) is 0 Å². The molecule has 0 aliphatic heterocycles. The summed E-state index contributed by atoms with van der Waals surface area (Å²) in [5.74, 6) is 4.34. The average Bonchev–Trinajstić information content (AvgIpc) is 3.06. The number of aliphatic hydroxyl groups is 2. The van der Waals surface area contributed by atoms with Crippen molar-refractivity contribution >= 4 is 0 Å². The molecule has 4 aliphatic rings. The highest BCUT2D eigenvalue weighted by molar-refractivity contribution is 5.26. The summed E-state index contributed by atoms with van der Waals surface area (Å²) < 4.78 is 0. The highest BCUT2D eigenvalue weighted by Gasteiger charge is 2.62. The zero-order chi connectivity index (χ0) is 21.8. The molecule has 0 aromatic heterocycles. The van der Waals surface area contributed by atoms with E-state index >= 15 is 0 Å². The van der Waals surface area contributed by atoms with Gasteiger partial charge in [-0.15, -0.1) is 0 Å². The van der Waals surface area contributed by atoms with Crippen molar-refractivity contribution < 1.29 is 10.2 Å². The van der Waals surface area contributed by atoms with Gasteiger partial charge in [0.2, 0.25) is 0 Å². The normalized spacial score (nSPS) is 48.1. The lowest BCUT2D eigenvalue weighted by molar-refractivity contribution is -0.133. The van der Waals surface area contributed by atoms with E-state index in [1.54, 1.807) is 0 Å². The summed E-state index contributed by atoms with van der Waals surface area (Å²) in [6, 6.07) is 0. The van der Waals surface area contributed by atoms with Crippen LogP contribution in [0.2, 0.25) is 0 Å². The number of hydrogen-bond acceptors (Lipinski definition) is 2. The average molecular weight is 415 g/mol. The first-order valence-electron chi connectivity index (χ1n) is 12.8. The Balaban J connectivity index is 1.58. The molecule has 170 valence electrons. The lowest BCUT2D eigenvalue weighted by Crippen LogP contribution is -2.56. The molecular weight excluding hydrogens is 368 g/mol. The number of allylic oxidation sites excluding steroid dienone is 3. The smallest absolute Gasteiger partial charge is 0.0602 e. The summed E-state index contributed by atoms with van der Waals surface area (Å²) in [4.78, 5) is 0. The minimum Gasteiger partial charge on any atom is -0.393 e. The Morgan fingerprint density at radius 2 is 1.73 bits per heavy atom. The van der Waals surface area contributed by atoms with Crippen LogP contribution in [0.5, 0.6) is 0 Å². The summed E-state index contributed by atoms with van der Waals surface area (Å²) in [7, 11) is 0. The predicted octanol–water partition coefficient (Wildman–Crippen LogP) is 6.38. The topological polar surface area (TPSA) is 40.5 Å². The van der Waals surface area contributed by atoms with Crippen LogP contribution >= 0.6 is 0 Å². The Bertz CT molecular complexity index is 693. The van der Waals surface area contributed by atoms with Crippen LogP contribution in [0.15, 0.2) is 23.8 Å². The maximum atomic E-state index is 11.6. The fourth-order valence-electron chi connectivity index (χ4n) is 8.21. The van der Waals surface area contributed by atoms with E-state index in [4.69, 9.17) is 0 Å². The Kier molecular flexibility index (Phi) is 6.08. The van der Waals surface area contributed by atoms with Crippen molar-refractivity contribution in [2.75, 3.05) is 0 Å². The number of rotatable bonds is 4. The lowest BCUT2D eigenvalue weighted by Gasteiger charge is -2.60. The molecule has 2 nitrogen and oxygen atoms in total. The van der Waals surface area contributed by atoms with Crippen LogP contribution in [-0.2, 0) is 0 Å². The molecule has 4 rings (SSSR count). The van der Waals surface area contributed by atoms with Crippen LogP contribution in [0, 0.1) is 52.3 Å². The van der Waals surface area contributed by atoms with Crippen LogP contribution in [0.4, 0.5) is 0 Å². The predicted molar refractivity (Wildman–Crippen MR) is 125 cm³/mol. The van der Waals surface area contributed by atoms with E-state index in [1.807, 2.05) is 0 Å². The Hall–Kier alpha value is -0.600. The Labute approximate surface area is 185 Å². The SMILES string of the molecule is CC(C)[C@@H](C)/C=C/[C@@H](C)[C@H]1CC[C@@H]2[C@@H]3CC=C4C[C@@H](O)CC[C@]4(C)[C@@H]3C[C@@H](O)[C@@]21C. The van der Waals surface area contributed by atoms with E-state index in [0.29, 0.717) is 41.4 Å². The monoisotopic (exact) mass is 414 g/mol. The van der Waals surface area contributed by atoms with Gasteiger partial charge in [-0.3, -0.25) is 0 Å². The van der Waals surface area contributed by atoms with E-state index < -0.39 is 0 Å². The molecule has 4 aliphatic carbocycles. The molecule has 0 saturated heterocycles. The van der Waals surface area contributed by atoms with Gasteiger partial charge in [0.25, 0.3) is 0 Å². The van der Waals surface area contributed by atoms with Gasteiger partial charge in [-0.25, -0.2) is 0 Å². The van der Waals surface area contributed by atoms with E-state index in [2.05, 4.69) is 59.8 Å². The first-order valence-corrected chi connectivity index (χ1v) is 12.8. The van der Waals surface area contributed by atoms with Gasteiger partial charge in [-0.1, -0.05) is 65.3 Å². The second-order valence-electron chi connectivity index (χ2n) is 12.3. The fraction of sp³-hybridized carbons (Fsp3) is 0.857. The molecule has 0 radical (unpaired) electrons. The molecule has 0 unspecified atom stereocenters. The fourth-order valence-corrected chi connectivity index (χ4v) is 8.21. The van der Waals surface area contributed by atoms with Gasteiger partial charge in [0.05, 0.1) is 12.2 Å². The Morgan fingerprint density at radius 1 is 1.00 bits per heavy atom. The van der Waals surface area contributed by atoms with Crippen molar-refractivity contribution in [3.8, 4) is 0 Å². The van der Waals surface area contributed by atoms with Gasteiger partial charge in [0.1, 0.15) is 0 Å². The number of fused-ring (bicyclic) bond motifs is 5. The molecule has 0 bridgehead atoms. The third-order valence-corrected chi connectivity index (χ3v) is 10.7. The molecule has 3 saturated carbocycles. The van der Waals surface area contributed by atoms with Gasteiger partial charge in [-0.05, 0) is 97.2 Å². The second-order valence-corrected chi connectivity index (χ2v) is 12.3. The first-order chi connectivity index (χ1) is 14.1. The summed E-state index contributed by atoms with van der Waals surface area (Å²) in [6.07, 6.45) is 14.6. The van der Waals surface area contributed by atoms with Crippen molar-refractivity contribution in [3.05, 3.63) is 23.8 Å². The summed E-state index contributed by atoms with van der Waals surface area (Å²) in [5, 5.41) is 21.9. The summed E-state index contributed by atoms with van der Waals surface area (Å²) in [5.41, 5.74) is 1.73. The summed E-state index contributed by atoms with van der Waals surface area (Å²) in [6.45, 7) is 14.2. The van der Waals surface area contributed by atoms with Gasteiger partial charge < -0.3 is 10.2 Å². The lowest BCUT2D eigenvalue weighted by atomic mass is 9.46. The number of hydrogen-bond donors (Lipinski definition) is 2. The van der Waals surface area contributed by atoms with Crippen molar-refractivity contribution in [2.24, 2.45) is 52.3 Å². The highest BCUT2D eigenvalue weighted by atomic mass is 16.3. The minimum absolute atomic E-state index is 0.0435. The number of aliphatic hydroxyl groups excluding tert-OH is 2. The third kappa shape index (κ3) is 3.45. The molecule has 2 N–H and O–H groups in total. The zero-order valence-corrected chi connectivity index (χ0v) is 20.3. The summed E-state index contributed by atoms with van der Waals surface area (Å²) >= 11 is 0. The van der Waals surface area contributed by atoms with Crippen LogP contribution in [0.25, 0.3) is 0 Å². The largest absolute Gasteiger partial charge is 0.393 e. The van der Waals surface area contributed by atoms with Crippen LogP contribution in [-0.4, -0.2) is 22.4 Å². The van der Waals surface area contributed by atoms with Gasteiger partial charge >= 0.3 is 0 Å².